The third-order valence-electron chi connectivity index (χ3n) is 3.81. The van der Waals surface area contributed by atoms with Gasteiger partial charge in [-0.25, -0.2) is 0 Å². The van der Waals surface area contributed by atoms with Crippen LogP contribution in [0, 0.1) is 0 Å². The van der Waals surface area contributed by atoms with Crippen molar-refractivity contribution in [2.45, 2.75) is 13.1 Å². The lowest BCUT2D eigenvalue weighted by Gasteiger charge is -2.43. The number of hydrogen-bond acceptors (Lipinski definition) is 1. The van der Waals surface area contributed by atoms with Crippen molar-refractivity contribution in [1.29, 1.82) is 0 Å². The quantitative estimate of drug-likeness (QED) is 0.734. The monoisotopic (exact) mass is 309 g/mol. The van der Waals surface area contributed by atoms with Gasteiger partial charge in [-0.2, -0.15) is 0 Å². The van der Waals surface area contributed by atoms with Crippen molar-refractivity contribution < 1.29 is 0 Å². The average Bonchev–Trinajstić information content (AvgIpc) is 2.54. The normalized spacial score (nSPS) is 11.2. The van der Waals surface area contributed by atoms with Crippen LogP contribution in [0.3, 0.4) is 0 Å². The van der Waals surface area contributed by atoms with Gasteiger partial charge in [-0.3, -0.25) is 0 Å². The highest BCUT2D eigenvalue weighted by molar-refractivity contribution is 7.08. The molecule has 2 aromatic rings. The lowest BCUT2D eigenvalue weighted by molar-refractivity contribution is 1.45. The van der Waals surface area contributed by atoms with Crippen LogP contribution in [0.4, 0.5) is 5.69 Å². The summed E-state index contributed by atoms with van der Waals surface area (Å²) in [5, 5.41) is 1.35. The van der Waals surface area contributed by atoms with E-state index in [0.29, 0.717) is 0 Å². The first-order valence-corrected chi connectivity index (χ1v) is 12.3. The molecule has 1 nitrogen and oxygen atoms in total. The molecule has 0 aliphatic carbocycles. The molecule has 2 rings (SSSR count). The SMILES string of the molecule is C=C[Si](C=C)(c1ccccc1)N(c1ccccc1)[SiH](C)C. The van der Waals surface area contributed by atoms with Crippen molar-refractivity contribution >= 4 is 28.1 Å². The first-order valence-electron chi connectivity index (χ1n) is 7.33. The summed E-state index contributed by atoms with van der Waals surface area (Å²) < 4.78 is 2.63. The molecule has 3 heteroatoms. The molecule has 2 aromatic carbocycles. The maximum atomic E-state index is 4.18. The minimum atomic E-state index is -2.13. The summed E-state index contributed by atoms with van der Waals surface area (Å²) in [5.74, 6) is 0. The van der Waals surface area contributed by atoms with Crippen molar-refractivity contribution in [3.8, 4) is 0 Å². The Morgan fingerprint density at radius 1 is 0.857 bits per heavy atom. The van der Waals surface area contributed by atoms with Crippen molar-refractivity contribution in [3.63, 3.8) is 0 Å². The van der Waals surface area contributed by atoms with Crippen LogP contribution in [0.5, 0.6) is 0 Å². The van der Waals surface area contributed by atoms with Gasteiger partial charge in [0.15, 0.2) is 0 Å². The maximum absolute atomic E-state index is 4.18. The van der Waals surface area contributed by atoms with E-state index in [2.05, 4.69) is 103 Å². The molecular formula is C18H23NSi2. The van der Waals surface area contributed by atoms with Gasteiger partial charge in [0.25, 0.3) is 0 Å². The molecule has 0 bridgehead atoms. The predicted molar refractivity (Wildman–Crippen MR) is 100 cm³/mol. The molecule has 108 valence electrons. The molecule has 0 spiro atoms. The molecular weight excluding hydrogens is 286 g/mol. The smallest absolute Gasteiger partial charge is 0.229 e. The van der Waals surface area contributed by atoms with Crippen molar-refractivity contribution in [2.24, 2.45) is 0 Å². The van der Waals surface area contributed by atoms with E-state index in [1.165, 1.54) is 10.9 Å². The largest absolute Gasteiger partial charge is 0.417 e. The lowest BCUT2D eigenvalue weighted by atomic mass is 10.3. The molecule has 0 aromatic heterocycles. The van der Waals surface area contributed by atoms with E-state index in [1.807, 2.05) is 0 Å². The third-order valence-corrected chi connectivity index (χ3v) is 11.5. The van der Waals surface area contributed by atoms with Gasteiger partial charge < -0.3 is 4.23 Å². The number of benzene rings is 2. The molecule has 0 aliphatic rings. The van der Waals surface area contributed by atoms with E-state index >= 15 is 0 Å². The Bertz CT molecular complexity index is 585. The molecule has 0 aliphatic heterocycles. The molecule has 21 heavy (non-hydrogen) atoms. The highest BCUT2D eigenvalue weighted by Crippen LogP contribution is 2.24. The summed E-state index contributed by atoms with van der Waals surface area (Å²) in [6.45, 7) is 13.1. The minimum Gasteiger partial charge on any atom is -0.417 e. The van der Waals surface area contributed by atoms with E-state index in [0.717, 1.165) is 0 Å². The van der Waals surface area contributed by atoms with Crippen LogP contribution < -0.4 is 9.42 Å². The number of hydrogen-bond donors (Lipinski definition) is 0. The Balaban J connectivity index is 2.63. The topological polar surface area (TPSA) is 3.24 Å². The molecule has 0 heterocycles. The zero-order valence-corrected chi connectivity index (χ0v) is 15.0. The van der Waals surface area contributed by atoms with Gasteiger partial charge in [-0.05, 0) is 17.3 Å². The molecule has 0 atom stereocenters. The second-order valence-electron chi connectivity index (χ2n) is 5.40. The Morgan fingerprint density at radius 2 is 1.33 bits per heavy atom. The molecule has 0 amide bonds. The van der Waals surface area contributed by atoms with Crippen LogP contribution >= 0.6 is 0 Å². The van der Waals surface area contributed by atoms with Gasteiger partial charge in [0.2, 0.25) is 8.24 Å². The minimum absolute atomic E-state index is 1.09. The van der Waals surface area contributed by atoms with Crippen LogP contribution in [0.15, 0.2) is 85.2 Å². The second-order valence-corrected chi connectivity index (χ2v) is 12.1. The Hall–Kier alpha value is -1.85. The first kappa shape index (κ1) is 15.5. The zero-order chi connectivity index (χ0) is 15.3. The zero-order valence-electron chi connectivity index (χ0n) is 12.9. The average molecular weight is 310 g/mol. The van der Waals surface area contributed by atoms with Crippen LogP contribution in [-0.2, 0) is 0 Å². The summed E-state index contributed by atoms with van der Waals surface area (Å²) in [4.78, 5) is 0. The van der Waals surface area contributed by atoms with Gasteiger partial charge in [-0.1, -0.05) is 73.0 Å². The van der Waals surface area contributed by atoms with E-state index in [9.17, 15) is 0 Å². The van der Waals surface area contributed by atoms with E-state index < -0.39 is 17.2 Å². The number of nitrogens with zero attached hydrogens (tertiary/aromatic N) is 1. The van der Waals surface area contributed by atoms with Gasteiger partial charge >= 0.3 is 0 Å². The molecule has 0 fully saturated rings. The van der Waals surface area contributed by atoms with Crippen molar-refractivity contribution in [1.82, 2.24) is 0 Å². The fraction of sp³-hybridized carbons (Fsp3) is 0.111. The van der Waals surface area contributed by atoms with Crippen LogP contribution in [0.1, 0.15) is 0 Å². The van der Waals surface area contributed by atoms with Gasteiger partial charge in [0.1, 0.15) is 8.96 Å². The Labute approximate surface area is 131 Å². The van der Waals surface area contributed by atoms with Crippen molar-refractivity contribution in [2.75, 3.05) is 4.23 Å². The Morgan fingerprint density at radius 3 is 1.76 bits per heavy atom. The number of rotatable bonds is 6. The standard InChI is InChI=1S/C18H23NSi2/c1-5-21(6-2,18-15-11-8-12-16-18)19(20(3)4)17-13-9-7-10-14-17/h5-16,20H,1-2H2,3-4H3. The number of para-hydroxylation sites is 1. The predicted octanol–water partition coefficient (Wildman–Crippen LogP) is 3.78. The summed E-state index contributed by atoms with van der Waals surface area (Å²) >= 11 is 0. The fourth-order valence-corrected chi connectivity index (χ4v) is 10.8. The van der Waals surface area contributed by atoms with Crippen LogP contribution in [-0.4, -0.2) is 17.2 Å². The van der Waals surface area contributed by atoms with Gasteiger partial charge in [-0.15, -0.1) is 13.2 Å². The lowest BCUT2D eigenvalue weighted by Crippen LogP contribution is -2.64. The van der Waals surface area contributed by atoms with Crippen LogP contribution in [0.2, 0.25) is 13.1 Å². The maximum Gasteiger partial charge on any atom is 0.229 e. The highest BCUT2D eigenvalue weighted by Gasteiger charge is 2.37. The van der Waals surface area contributed by atoms with Gasteiger partial charge in [0.05, 0.1) is 0 Å². The summed E-state index contributed by atoms with van der Waals surface area (Å²) in [6.07, 6.45) is 0. The summed E-state index contributed by atoms with van der Waals surface area (Å²) in [6, 6.07) is 21.4. The molecule has 0 saturated heterocycles. The van der Waals surface area contributed by atoms with Crippen molar-refractivity contribution in [3.05, 3.63) is 85.2 Å². The van der Waals surface area contributed by atoms with Crippen LogP contribution in [0.25, 0.3) is 0 Å². The molecule has 0 N–H and O–H groups in total. The second kappa shape index (κ2) is 6.74. The number of anilines is 1. The van der Waals surface area contributed by atoms with Gasteiger partial charge in [0, 0.05) is 5.69 Å². The summed E-state index contributed by atoms with van der Waals surface area (Å²) in [7, 11) is -3.22. The summed E-state index contributed by atoms with van der Waals surface area (Å²) in [5.41, 5.74) is 5.58. The molecule has 0 radical (unpaired) electrons. The van der Waals surface area contributed by atoms with E-state index in [4.69, 9.17) is 0 Å². The third kappa shape index (κ3) is 2.94. The van der Waals surface area contributed by atoms with E-state index in [1.54, 1.807) is 0 Å². The molecule has 0 saturated carbocycles. The highest BCUT2D eigenvalue weighted by atomic mass is 28.4. The Kier molecular flexibility index (Phi) is 4.99. The fourth-order valence-electron chi connectivity index (χ4n) is 2.89. The van der Waals surface area contributed by atoms with E-state index in [-0.39, 0.29) is 0 Å². The molecule has 0 unspecified atom stereocenters. The first-order chi connectivity index (χ1) is 10.2.